The van der Waals surface area contributed by atoms with Gasteiger partial charge in [0, 0.05) is 15.9 Å². The lowest BCUT2D eigenvalue weighted by molar-refractivity contribution is -0.386. The number of rotatable bonds is 5. The molecular formula is C10H11Br2NO4. The van der Waals surface area contributed by atoms with E-state index in [4.69, 9.17) is 4.74 Å². The highest BCUT2D eigenvalue weighted by atomic mass is 79.9. The monoisotopic (exact) mass is 367 g/mol. The Balaban J connectivity index is 3.00. The molecule has 17 heavy (non-hydrogen) atoms. The molecule has 0 bridgehead atoms. The van der Waals surface area contributed by atoms with Gasteiger partial charge in [-0.2, -0.15) is 0 Å². The zero-order chi connectivity index (χ0) is 13.0. The highest BCUT2D eigenvalue weighted by Gasteiger charge is 2.19. The molecule has 1 N–H and O–H groups in total. The number of nitro benzene ring substituents is 1. The number of alkyl halides is 1. The van der Waals surface area contributed by atoms with Gasteiger partial charge in [0.25, 0.3) is 0 Å². The molecule has 0 aliphatic carbocycles. The van der Waals surface area contributed by atoms with Gasteiger partial charge < -0.3 is 9.84 Å². The van der Waals surface area contributed by atoms with Gasteiger partial charge >= 0.3 is 5.69 Å². The number of ether oxygens (including phenoxy) is 1. The predicted molar refractivity (Wildman–Crippen MR) is 70.8 cm³/mol. The first-order chi connectivity index (χ1) is 7.95. The van der Waals surface area contributed by atoms with Crippen molar-refractivity contribution in [2.75, 3.05) is 11.9 Å². The molecule has 0 saturated carbocycles. The van der Waals surface area contributed by atoms with Gasteiger partial charge in [0.2, 0.25) is 0 Å². The minimum atomic E-state index is -0.697. The average molecular weight is 369 g/mol. The molecule has 0 amide bonds. The van der Waals surface area contributed by atoms with E-state index in [1.807, 2.05) is 0 Å². The summed E-state index contributed by atoms with van der Waals surface area (Å²) in [5, 5.41) is 20.6. The van der Waals surface area contributed by atoms with Crippen LogP contribution in [0.15, 0.2) is 16.6 Å². The Bertz CT molecular complexity index is 425. The standard InChI is InChI=1S/C10H11Br2NO4/c1-6-2-7(12)3-9(13(15)16)10(6)17-5-8(14)4-11/h2-3,8,14H,4-5H2,1H3. The van der Waals surface area contributed by atoms with Crippen LogP contribution in [0.1, 0.15) is 5.56 Å². The number of nitro groups is 1. The molecule has 5 nitrogen and oxygen atoms in total. The van der Waals surface area contributed by atoms with E-state index in [2.05, 4.69) is 31.9 Å². The molecule has 94 valence electrons. The van der Waals surface area contributed by atoms with Gasteiger partial charge in [0.15, 0.2) is 5.75 Å². The van der Waals surface area contributed by atoms with Gasteiger partial charge in [-0.25, -0.2) is 0 Å². The fourth-order valence-electron chi connectivity index (χ4n) is 1.26. The van der Waals surface area contributed by atoms with Crippen molar-refractivity contribution < 1.29 is 14.8 Å². The maximum absolute atomic E-state index is 10.9. The molecule has 0 aromatic heterocycles. The molecule has 0 radical (unpaired) electrons. The Morgan fingerprint density at radius 1 is 1.59 bits per heavy atom. The number of aliphatic hydroxyl groups excluding tert-OH is 1. The molecule has 0 fully saturated rings. The molecule has 1 aromatic rings. The van der Waals surface area contributed by atoms with Crippen LogP contribution >= 0.6 is 31.9 Å². The second kappa shape index (κ2) is 6.32. The van der Waals surface area contributed by atoms with Crippen LogP contribution < -0.4 is 4.74 Å². The van der Waals surface area contributed by atoms with Crippen molar-refractivity contribution in [1.82, 2.24) is 0 Å². The van der Waals surface area contributed by atoms with E-state index in [-0.39, 0.29) is 18.0 Å². The van der Waals surface area contributed by atoms with Crippen molar-refractivity contribution in [2.45, 2.75) is 13.0 Å². The van der Waals surface area contributed by atoms with Crippen molar-refractivity contribution in [3.05, 3.63) is 32.3 Å². The summed E-state index contributed by atoms with van der Waals surface area (Å²) in [6.45, 7) is 1.72. The van der Waals surface area contributed by atoms with Crippen LogP contribution in [-0.4, -0.2) is 28.1 Å². The van der Waals surface area contributed by atoms with Crippen LogP contribution in [-0.2, 0) is 0 Å². The maximum atomic E-state index is 10.9. The lowest BCUT2D eigenvalue weighted by Crippen LogP contribution is -2.19. The van der Waals surface area contributed by atoms with Gasteiger partial charge in [0.1, 0.15) is 6.61 Å². The van der Waals surface area contributed by atoms with Crippen molar-refractivity contribution in [3.8, 4) is 5.75 Å². The molecule has 0 aliphatic heterocycles. The third kappa shape index (κ3) is 3.93. The molecular weight excluding hydrogens is 358 g/mol. The van der Waals surface area contributed by atoms with Gasteiger partial charge in [-0.15, -0.1) is 0 Å². The van der Waals surface area contributed by atoms with Crippen molar-refractivity contribution in [3.63, 3.8) is 0 Å². The Morgan fingerprint density at radius 2 is 2.24 bits per heavy atom. The van der Waals surface area contributed by atoms with E-state index in [9.17, 15) is 15.2 Å². The minimum absolute atomic E-state index is 0.00849. The smallest absolute Gasteiger partial charge is 0.312 e. The molecule has 7 heteroatoms. The van der Waals surface area contributed by atoms with E-state index in [1.54, 1.807) is 13.0 Å². The van der Waals surface area contributed by atoms with Crippen LogP contribution in [0.5, 0.6) is 5.75 Å². The van der Waals surface area contributed by atoms with E-state index >= 15 is 0 Å². The number of aliphatic hydroxyl groups is 1. The third-order valence-corrected chi connectivity index (χ3v) is 3.22. The number of halogens is 2. The van der Waals surface area contributed by atoms with Crippen LogP contribution in [0.25, 0.3) is 0 Å². The van der Waals surface area contributed by atoms with Crippen molar-refractivity contribution in [2.24, 2.45) is 0 Å². The van der Waals surface area contributed by atoms with Crippen LogP contribution in [0.2, 0.25) is 0 Å². The zero-order valence-corrected chi connectivity index (χ0v) is 12.2. The summed E-state index contributed by atoms with van der Waals surface area (Å²) >= 11 is 6.29. The van der Waals surface area contributed by atoms with E-state index in [0.717, 1.165) is 0 Å². The fraction of sp³-hybridized carbons (Fsp3) is 0.400. The number of aryl methyl sites for hydroxylation is 1. The lowest BCUT2D eigenvalue weighted by Gasteiger charge is -2.12. The summed E-state index contributed by atoms with van der Waals surface area (Å²) in [5.74, 6) is 0.193. The number of benzene rings is 1. The largest absolute Gasteiger partial charge is 0.484 e. The molecule has 1 atom stereocenters. The molecule has 0 spiro atoms. The SMILES string of the molecule is Cc1cc(Br)cc([N+](=O)[O-])c1OCC(O)CBr. The van der Waals surface area contributed by atoms with E-state index in [1.165, 1.54) is 6.07 Å². The van der Waals surface area contributed by atoms with Gasteiger partial charge in [-0.1, -0.05) is 31.9 Å². The number of nitrogens with zero attached hydrogens (tertiary/aromatic N) is 1. The molecule has 0 heterocycles. The Hall–Kier alpha value is -0.660. The summed E-state index contributed by atoms with van der Waals surface area (Å²) in [6.07, 6.45) is -0.697. The number of hydrogen-bond acceptors (Lipinski definition) is 4. The minimum Gasteiger partial charge on any atom is -0.484 e. The average Bonchev–Trinajstić information content (AvgIpc) is 2.26. The third-order valence-electron chi connectivity index (χ3n) is 2.01. The predicted octanol–water partition coefficient (Wildman–Crippen LogP) is 2.80. The van der Waals surface area contributed by atoms with Crippen LogP contribution in [0, 0.1) is 17.0 Å². The topological polar surface area (TPSA) is 72.6 Å². The molecule has 1 rings (SSSR count). The van der Waals surface area contributed by atoms with E-state index < -0.39 is 11.0 Å². The molecule has 1 unspecified atom stereocenters. The highest BCUT2D eigenvalue weighted by molar-refractivity contribution is 9.10. The second-order valence-electron chi connectivity index (χ2n) is 3.45. The zero-order valence-electron chi connectivity index (χ0n) is 9.02. The first kappa shape index (κ1) is 14.4. The highest BCUT2D eigenvalue weighted by Crippen LogP contribution is 2.34. The Morgan fingerprint density at radius 3 is 2.76 bits per heavy atom. The summed E-state index contributed by atoms with van der Waals surface area (Å²) in [6, 6.07) is 3.10. The van der Waals surface area contributed by atoms with Gasteiger partial charge in [0.05, 0.1) is 11.0 Å². The normalized spacial score (nSPS) is 12.2. The van der Waals surface area contributed by atoms with Crippen LogP contribution in [0.3, 0.4) is 0 Å². The molecule has 0 saturated heterocycles. The molecule has 0 aliphatic rings. The van der Waals surface area contributed by atoms with Gasteiger partial charge in [-0.05, 0) is 18.6 Å². The summed E-state index contributed by atoms with van der Waals surface area (Å²) in [5.41, 5.74) is 0.534. The van der Waals surface area contributed by atoms with Crippen LogP contribution in [0.4, 0.5) is 5.69 Å². The van der Waals surface area contributed by atoms with E-state index in [0.29, 0.717) is 15.4 Å². The lowest BCUT2D eigenvalue weighted by atomic mass is 10.2. The first-order valence-electron chi connectivity index (χ1n) is 4.77. The number of hydrogen-bond donors (Lipinski definition) is 1. The quantitative estimate of drug-likeness (QED) is 0.492. The van der Waals surface area contributed by atoms with Crippen molar-refractivity contribution >= 4 is 37.5 Å². The maximum Gasteiger partial charge on any atom is 0.312 e. The summed E-state index contributed by atoms with van der Waals surface area (Å²) < 4.78 is 5.91. The second-order valence-corrected chi connectivity index (χ2v) is 5.01. The first-order valence-corrected chi connectivity index (χ1v) is 6.68. The Labute approximate surface area is 115 Å². The van der Waals surface area contributed by atoms with Crippen molar-refractivity contribution in [1.29, 1.82) is 0 Å². The summed E-state index contributed by atoms with van der Waals surface area (Å²) in [7, 11) is 0. The fourth-order valence-corrected chi connectivity index (χ4v) is 2.01. The Kier molecular flexibility index (Phi) is 5.35. The molecule has 1 aromatic carbocycles. The van der Waals surface area contributed by atoms with Gasteiger partial charge in [-0.3, -0.25) is 10.1 Å². The summed E-state index contributed by atoms with van der Waals surface area (Å²) in [4.78, 5) is 10.4.